The lowest BCUT2D eigenvalue weighted by Gasteiger charge is -2.31. The van der Waals surface area contributed by atoms with Gasteiger partial charge in [0.2, 0.25) is 0 Å². The van der Waals surface area contributed by atoms with Crippen LogP contribution in [0.3, 0.4) is 0 Å². The maximum absolute atomic E-state index is 12.2. The predicted molar refractivity (Wildman–Crippen MR) is 67.5 cm³/mol. The van der Waals surface area contributed by atoms with Crippen molar-refractivity contribution in [1.29, 1.82) is 0 Å². The molecular weight excluding hydrogens is 214 g/mol. The van der Waals surface area contributed by atoms with Gasteiger partial charge in [-0.05, 0) is 50.2 Å². The minimum Gasteiger partial charge on any atom is -0.494 e. The Kier molecular flexibility index (Phi) is 3.79. The summed E-state index contributed by atoms with van der Waals surface area (Å²) in [6.45, 7) is 6.54. The van der Waals surface area contributed by atoms with Crippen molar-refractivity contribution in [2.24, 2.45) is 11.8 Å². The van der Waals surface area contributed by atoms with Gasteiger partial charge in [0.1, 0.15) is 5.75 Å². The van der Waals surface area contributed by atoms with Crippen molar-refractivity contribution in [1.82, 2.24) is 5.32 Å². The smallest absolute Gasteiger partial charge is 0.166 e. The van der Waals surface area contributed by atoms with E-state index in [1.165, 1.54) is 0 Å². The Bertz CT molecular complexity index is 382. The van der Waals surface area contributed by atoms with Crippen LogP contribution in [0.15, 0.2) is 24.3 Å². The van der Waals surface area contributed by atoms with Crippen LogP contribution in [0.25, 0.3) is 0 Å². The van der Waals surface area contributed by atoms with Crippen molar-refractivity contribution in [3.8, 4) is 5.75 Å². The molecule has 0 spiro atoms. The van der Waals surface area contributed by atoms with E-state index in [0.717, 1.165) is 24.4 Å². The molecule has 1 aromatic rings. The molecule has 0 amide bonds. The van der Waals surface area contributed by atoms with Crippen LogP contribution in [0.5, 0.6) is 5.75 Å². The van der Waals surface area contributed by atoms with Gasteiger partial charge in [0, 0.05) is 11.5 Å². The number of benzene rings is 1. The van der Waals surface area contributed by atoms with Crippen molar-refractivity contribution in [2.75, 3.05) is 19.7 Å². The highest BCUT2D eigenvalue weighted by Crippen LogP contribution is 2.22. The van der Waals surface area contributed by atoms with Crippen LogP contribution < -0.4 is 10.1 Å². The Labute approximate surface area is 102 Å². The number of ketones is 1. The van der Waals surface area contributed by atoms with E-state index < -0.39 is 0 Å². The van der Waals surface area contributed by atoms with Crippen LogP contribution in [0, 0.1) is 11.8 Å². The zero-order valence-corrected chi connectivity index (χ0v) is 10.4. The van der Waals surface area contributed by atoms with E-state index in [4.69, 9.17) is 4.74 Å². The zero-order valence-electron chi connectivity index (χ0n) is 10.4. The van der Waals surface area contributed by atoms with Gasteiger partial charge in [-0.3, -0.25) is 4.79 Å². The third-order valence-electron chi connectivity index (χ3n) is 3.38. The van der Waals surface area contributed by atoms with Crippen LogP contribution >= 0.6 is 0 Å². The molecule has 1 atom stereocenters. The van der Waals surface area contributed by atoms with Gasteiger partial charge in [-0.1, -0.05) is 6.92 Å². The second-order valence-corrected chi connectivity index (χ2v) is 4.53. The fourth-order valence-electron chi connectivity index (χ4n) is 2.02. The highest BCUT2D eigenvalue weighted by atomic mass is 16.5. The Balaban J connectivity index is 2.03. The Morgan fingerprint density at radius 2 is 2.06 bits per heavy atom. The third kappa shape index (κ3) is 2.67. The first-order chi connectivity index (χ1) is 8.22. The molecule has 1 aliphatic heterocycles. The summed E-state index contributed by atoms with van der Waals surface area (Å²) in [5.41, 5.74) is 0.785. The number of hydrogen-bond acceptors (Lipinski definition) is 3. The highest BCUT2D eigenvalue weighted by molar-refractivity contribution is 5.98. The first kappa shape index (κ1) is 12.1. The molecule has 0 bridgehead atoms. The van der Waals surface area contributed by atoms with Crippen LogP contribution in [0.2, 0.25) is 0 Å². The average Bonchev–Trinajstić information content (AvgIpc) is 2.27. The number of rotatable bonds is 5. The Morgan fingerprint density at radius 1 is 1.41 bits per heavy atom. The monoisotopic (exact) mass is 233 g/mol. The summed E-state index contributed by atoms with van der Waals surface area (Å²) in [4.78, 5) is 12.2. The first-order valence-electron chi connectivity index (χ1n) is 6.20. The number of hydrogen-bond donors (Lipinski definition) is 1. The Morgan fingerprint density at radius 3 is 2.53 bits per heavy atom. The molecule has 1 unspecified atom stereocenters. The molecule has 0 radical (unpaired) electrons. The lowest BCUT2D eigenvalue weighted by Crippen LogP contribution is -2.47. The molecule has 17 heavy (non-hydrogen) atoms. The fourth-order valence-corrected chi connectivity index (χ4v) is 2.02. The van der Waals surface area contributed by atoms with Crippen molar-refractivity contribution < 1.29 is 9.53 Å². The fraction of sp³-hybridized carbons (Fsp3) is 0.500. The van der Waals surface area contributed by atoms with E-state index >= 15 is 0 Å². The molecule has 3 heteroatoms. The molecule has 92 valence electrons. The largest absolute Gasteiger partial charge is 0.494 e. The summed E-state index contributed by atoms with van der Waals surface area (Å²) >= 11 is 0. The quantitative estimate of drug-likeness (QED) is 0.792. The lowest BCUT2D eigenvalue weighted by molar-refractivity contribution is 0.0854. The van der Waals surface area contributed by atoms with Gasteiger partial charge in [0.15, 0.2) is 5.78 Å². The number of carbonyl (C=O) groups is 1. The van der Waals surface area contributed by atoms with Crippen molar-refractivity contribution in [3.05, 3.63) is 29.8 Å². The van der Waals surface area contributed by atoms with E-state index in [1.807, 2.05) is 38.1 Å². The van der Waals surface area contributed by atoms with Gasteiger partial charge in [-0.25, -0.2) is 0 Å². The third-order valence-corrected chi connectivity index (χ3v) is 3.38. The first-order valence-corrected chi connectivity index (χ1v) is 6.20. The van der Waals surface area contributed by atoms with Gasteiger partial charge in [-0.15, -0.1) is 0 Å². The summed E-state index contributed by atoms with van der Waals surface area (Å²) in [5.74, 6) is 1.66. The highest BCUT2D eigenvalue weighted by Gasteiger charge is 2.29. The van der Waals surface area contributed by atoms with Gasteiger partial charge < -0.3 is 10.1 Å². The zero-order chi connectivity index (χ0) is 12.3. The van der Waals surface area contributed by atoms with Gasteiger partial charge in [-0.2, -0.15) is 0 Å². The van der Waals surface area contributed by atoms with E-state index in [1.54, 1.807) is 0 Å². The van der Waals surface area contributed by atoms with Crippen molar-refractivity contribution >= 4 is 5.78 Å². The van der Waals surface area contributed by atoms with Gasteiger partial charge in [0.25, 0.3) is 0 Å². The minimum absolute atomic E-state index is 0.106. The SMILES string of the molecule is CCOc1ccc(C(=O)C(C)C2CNC2)cc1. The molecule has 1 fully saturated rings. The van der Waals surface area contributed by atoms with E-state index in [0.29, 0.717) is 12.5 Å². The average molecular weight is 233 g/mol. The predicted octanol–water partition coefficient (Wildman–Crippen LogP) is 2.12. The number of ether oxygens (including phenoxy) is 1. The minimum atomic E-state index is 0.106. The molecule has 0 aliphatic carbocycles. The number of nitrogens with one attached hydrogen (secondary N) is 1. The van der Waals surface area contributed by atoms with Crippen molar-refractivity contribution in [3.63, 3.8) is 0 Å². The van der Waals surface area contributed by atoms with Crippen molar-refractivity contribution in [2.45, 2.75) is 13.8 Å². The molecule has 1 saturated heterocycles. The topological polar surface area (TPSA) is 38.3 Å². The molecule has 1 aromatic carbocycles. The molecule has 1 aliphatic rings. The summed E-state index contributed by atoms with van der Waals surface area (Å²) in [7, 11) is 0. The van der Waals surface area contributed by atoms with Crippen LogP contribution in [-0.4, -0.2) is 25.5 Å². The van der Waals surface area contributed by atoms with Crippen LogP contribution in [0.1, 0.15) is 24.2 Å². The summed E-state index contributed by atoms with van der Waals surface area (Å²) in [6, 6.07) is 7.44. The van der Waals surface area contributed by atoms with E-state index in [2.05, 4.69) is 5.32 Å². The summed E-state index contributed by atoms with van der Waals surface area (Å²) in [5, 5.41) is 3.20. The second-order valence-electron chi connectivity index (χ2n) is 4.53. The molecule has 3 nitrogen and oxygen atoms in total. The number of Topliss-reactive ketones (excluding diaryl/α,β-unsaturated/α-hetero) is 1. The molecule has 1 N–H and O–H groups in total. The second kappa shape index (κ2) is 5.32. The summed E-state index contributed by atoms with van der Waals surface area (Å²) < 4.78 is 5.36. The Hall–Kier alpha value is -1.35. The van der Waals surface area contributed by atoms with Gasteiger partial charge >= 0.3 is 0 Å². The molecule has 1 heterocycles. The van der Waals surface area contributed by atoms with Gasteiger partial charge in [0.05, 0.1) is 6.61 Å². The summed E-state index contributed by atoms with van der Waals surface area (Å²) in [6.07, 6.45) is 0. The molecule has 2 rings (SSSR count). The lowest BCUT2D eigenvalue weighted by atomic mass is 9.83. The van der Waals surface area contributed by atoms with Crippen LogP contribution in [-0.2, 0) is 0 Å². The maximum atomic E-state index is 12.2. The maximum Gasteiger partial charge on any atom is 0.166 e. The van der Waals surface area contributed by atoms with E-state index in [9.17, 15) is 4.79 Å². The van der Waals surface area contributed by atoms with Crippen LogP contribution in [0.4, 0.5) is 0 Å². The number of carbonyl (C=O) groups excluding carboxylic acids is 1. The molecule has 0 aromatic heterocycles. The normalized spacial score (nSPS) is 17.3. The standard InChI is InChI=1S/C14H19NO2/c1-3-17-13-6-4-11(5-7-13)14(16)10(2)12-8-15-9-12/h4-7,10,12,15H,3,8-9H2,1-2H3. The molecular formula is C14H19NO2. The van der Waals surface area contributed by atoms with E-state index in [-0.39, 0.29) is 11.7 Å². The molecule has 0 saturated carbocycles.